The van der Waals surface area contributed by atoms with Crippen LogP contribution in [-0.2, 0) is 9.53 Å². The van der Waals surface area contributed by atoms with Gasteiger partial charge in [-0.1, -0.05) is 6.07 Å². The first-order valence-electron chi connectivity index (χ1n) is 11.8. The first kappa shape index (κ1) is 21.1. The number of amides is 2. The first-order valence-corrected chi connectivity index (χ1v) is 11.8. The lowest BCUT2D eigenvalue weighted by Gasteiger charge is -2.34. The topological polar surface area (TPSA) is 104 Å². The number of fused-ring (bicyclic) bond motifs is 1. The molecule has 0 aromatic heterocycles. The minimum absolute atomic E-state index is 0.126. The van der Waals surface area contributed by atoms with Crippen molar-refractivity contribution in [2.75, 3.05) is 30.3 Å². The fourth-order valence-corrected chi connectivity index (χ4v) is 4.97. The van der Waals surface area contributed by atoms with Crippen molar-refractivity contribution in [2.45, 2.75) is 37.2 Å². The molecule has 0 unspecified atom stereocenters. The van der Waals surface area contributed by atoms with Gasteiger partial charge in [-0.2, -0.15) is 4.99 Å². The van der Waals surface area contributed by atoms with E-state index in [1.54, 1.807) is 24.3 Å². The molecule has 2 amide bonds. The Balaban J connectivity index is 1.23. The molecule has 2 saturated carbocycles. The van der Waals surface area contributed by atoms with Gasteiger partial charge < -0.3 is 26.0 Å². The van der Waals surface area contributed by atoms with E-state index in [-0.39, 0.29) is 17.4 Å². The predicted octanol–water partition coefficient (Wildman–Crippen LogP) is 3.25. The molecule has 3 heterocycles. The molecular weight excluding hydrogens is 437 g/mol. The first-order chi connectivity index (χ1) is 16.5. The largest absolute Gasteiger partial charge is 0.365 e. The number of hydrogen-bond donors (Lipinski definition) is 4. The van der Waals surface area contributed by atoms with Crippen molar-refractivity contribution in [3.8, 4) is 0 Å². The molecule has 4 N–H and O–H groups in total. The Labute approximate surface area is 196 Å². The summed E-state index contributed by atoms with van der Waals surface area (Å²) in [6.07, 6.45) is 3.44. The highest BCUT2D eigenvalue weighted by atomic mass is 19.1. The van der Waals surface area contributed by atoms with Gasteiger partial charge >= 0.3 is 0 Å². The van der Waals surface area contributed by atoms with Crippen molar-refractivity contribution in [1.82, 2.24) is 10.6 Å². The van der Waals surface area contributed by atoms with Crippen molar-refractivity contribution in [3.05, 3.63) is 53.3 Å². The third-order valence-electron chi connectivity index (χ3n) is 6.94. The van der Waals surface area contributed by atoms with Gasteiger partial charge in [0.1, 0.15) is 11.4 Å². The van der Waals surface area contributed by atoms with Crippen LogP contribution in [0.1, 0.15) is 47.5 Å². The van der Waals surface area contributed by atoms with Gasteiger partial charge in [-0.15, -0.1) is 0 Å². The van der Waals surface area contributed by atoms with Crippen molar-refractivity contribution < 1.29 is 18.7 Å². The summed E-state index contributed by atoms with van der Waals surface area (Å²) in [7, 11) is 0. The van der Waals surface area contributed by atoms with Crippen LogP contribution in [-0.4, -0.2) is 43.1 Å². The van der Waals surface area contributed by atoms with E-state index in [9.17, 15) is 9.59 Å². The lowest BCUT2D eigenvalue weighted by Crippen LogP contribution is -2.47. The minimum Gasteiger partial charge on any atom is -0.365 e. The van der Waals surface area contributed by atoms with Gasteiger partial charge in [0.25, 0.3) is 11.8 Å². The molecule has 2 aromatic rings. The molecule has 176 valence electrons. The minimum atomic E-state index is -0.686. The number of rotatable bonds is 6. The standard InChI is InChI=1S/C25H26FN5O3/c26-20-9-16(22(32)31-24-27-6-7-28-24)8-19(15-4-5-15)21(20)29-17-2-1-3-18(10-17)30-23(33)25-11-14(12-25)13-34-25/h1-3,8-10,14-15,29H,4-7,11-13H2,(H,30,33)(H2,27,28,31,32). The molecular formula is C25H26FN5O3. The Morgan fingerprint density at radius 2 is 1.85 bits per heavy atom. The summed E-state index contributed by atoms with van der Waals surface area (Å²) in [5.74, 6) is -0.00437. The normalized spacial score (nSPS) is 24.6. The summed E-state index contributed by atoms with van der Waals surface area (Å²) < 4.78 is 20.9. The number of carbonyl (C=O) groups excluding carboxylic acids is 2. The molecule has 0 spiro atoms. The van der Waals surface area contributed by atoms with E-state index in [0.29, 0.717) is 48.6 Å². The smallest absolute Gasteiger partial charge is 0.280 e. The van der Waals surface area contributed by atoms with Crippen molar-refractivity contribution in [3.63, 3.8) is 0 Å². The number of guanidine groups is 1. The Morgan fingerprint density at radius 3 is 2.56 bits per heavy atom. The average molecular weight is 464 g/mol. The zero-order valence-corrected chi connectivity index (χ0v) is 18.6. The number of nitrogens with one attached hydrogen (secondary N) is 4. The van der Waals surface area contributed by atoms with E-state index in [4.69, 9.17) is 4.74 Å². The molecule has 3 aliphatic heterocycles. The predicted molar refractivity (Wildman–Crippen MR) is 126 cm³/mol. The Hall–Kier alpha value is -3.46. The third-order valence-corrected chi connectivity index (χ3v) is 6.94. The number of benzene rings is 2. The van der Waals surface area contributed by atoms with E-state index in [1.165, 1.54) is 6.07 Å². The van der Waals surface area contributed by atoms with Crippen LogP contribution in [0, 0.1) is 11.7 Å². The molecule has 2 bridgehead atoms. The summed E-state index contributed by atoms with van der Waals surface area (Å²) in [4.78, 5) is 29.3. The van der Waals surface area contributed by atoms with E-state index in [1.807, 2.05) is 6.07 Å². The molecule has 2 aromatic carbocycles. The second-order valence-corrected chi connectivity index (χ2v) is 9.56. The van der Waals surface area contributed by atoms with Crippen LogP contribution in [0.5, 0.6) is 0 Å². The highest BCUT2D eigenvalue weighted by Crippen LogP contribution is 2.49. The van der Waals surface area contributed by atoms with Gasteiger partial charge in [0.05, 0.1) is 12.3 Å². The molecule has 7 rings (SSSR count). The molecule has 9 heteroatoms. The lowest BCUT2D eigenvalue weighted by molar-refractivity contribution is -0.137. The van der Waals surface area contributed by atoms with Crippen LogP contribution in [0.2, 0.25) is 0 Å². The molecule has 3 saturated heterocycles. The number of halogens is 1. The quantitative estimate of drug-likeness (QED) is 0.524. The zero-order valence-electron chi connectivity index (χ0n) is 18.6. The van der Waals surface area contributed by atoms with E-state index >= 15 is 4.39 Å². The summed E-state index contributed by atoms with van der Waals surface area (Å²) >= 11 is 0. The summed E-state index contributed by atoms with van der Waals surface area (Å²) in [6.45, 7) is 2.05. The van der Waals surface area contributed by atoms with E-state index in [0.717, 1.165) is 31.2 Å². The molecule has 0 atom stereocenters. The second-order valence-electron chi connectivity index (χ2n) is 9.56. The van der Waals surface area contributed by atoms with Gasteiger partial charge in [0, 0.05) is 30.0 Å². The van der Waals surface area contributed by atoms with E-state index in [2.05, 4.69) is 26.3 Å². The van der Waals surface area contributed by atoms with Crippen LogP contribution in [0.4, 0.5) is 21.5 Å². The summed E-state index contributed by atoms with van der Waals surface area (Å²) in [5.41, 5.74) is 1.93. The molecule has 34 heavy (non-hydrogen) atoms. The van der Waals surface area contributed by atoms with Gasteiger partial charge in [-0.3, -0.25) is 9.59 Å². The van der Waals surface area contributed by atoms with Gasteiger partial charge in [-0.05, 0) is 73.4 Å². The maximum absolute atomic E-state index is 15.2. The number of anilines is 3. The van der Waals surface area contributed by atoms with Crippen LogP contribution in [0.25, 0.3) is 0 Å². The van der Waals surface area contributed by atoms with Crippen LogP contribution >= 0.6 is 0 Å². The highest BCUT2D eigenvalue weighted by Gasteiger charge is 2.57. The molecule has 5 aliphatic rings. The third kappa shape index (κ3) is 3.90. The van der Waals surface area contributed by atoms with Crippen LogP contribution < -0.4 is 21.3 Å². The summed E-state index contributed by atoms with van der Waals surface area (Å²) in [5, 5.41) is 12.1. The van der Waals surface area contributed by atoms with Crippen molar-refractivity contribution >= 4 is 34.8 Å². The fraction of sp³-hybridized carbons (Fsp3) is 0.400. The lowest BCUT2D eigenvalue weighted by atomic mass is 9.74. The number of ether oxygens (including phenoxy) is 1. The molecule has 5 fully saturated rings. The van der Waals surface area contributed by atoms with Crippen LogP contribution in [0.15, 0.2) is 41.4 Å². The number of aliphatic imine (C=N–C) groups is 1. The fourth-order valence-electron chi connectivity index (χ4n) is 4.97. The average Bonchev–Trinajstić information content (AvgIpc) is 3.18. The van der Waals surface area contributed by atoms with Crippen molar-refractivity contribution in [2.24, 2.45) is 10.9 Å². The van der Waals surface area contributed by atoms with Gasteiger partial charge in [-0.25, -0.2) is 4.39 Å². The molecule has 2 aliphatic carbocycles. The molecule has 8 nitrogen and oxygen atoms in total. The molecule has 0 radical (unpaired) electrons. The maximum atomic E-state index is 15.2. The Bertz CT molecular complexity index is 1190. The van der Waals surface area contributed by atoms with E-state index < -0.39 is 17.3 Å². The Morgan fingerprint density at radius 1 is 1.09 bits per heavy atom. The SMILES string of the molecule is O=C(N=C1NCCN1)c1cc(F)c(Nc2cccc(NC(=O)C34CC(CO3)C4)c2)c(C2CC2)c1. The van der Waals surface area contributed by atoms with Crippen LogP contribution in [0.3, 0.4) is 0 Å². The van der Waals surface area contributed by atoms with Gasteiger partial charge in [0.15, 0.2) is 5.96 Å². The highest BCUT2D eigenvalue weighted by molar-refractivity contribution is 6.03. The maximum Gasteiger partial charge on any atom is 0.280 e. The Kier molecular flexibility index (Phi) is 5.02. The van der Waals surface area contributed by atoms with Crippen molar-refractivity contribution in [1.29, 1.82) is 0 Å². The monoisotopic (exact) mass is 463 g/mol. The van der Waals surface area contributed by atoms with Gasteiger partial charge in [0.2, 0.25) is 0 Å². The zero-order chi connectivity index (χ0) is 23.3. The summed E-state index contributed by atoms with van der Waals surface area (Å²) in [6, 6.07) is 10.2. The second kappa shape index (κ2) is 8.09. The number of nitrogens with zero attached hydrogens (tertiary/aromatic N) is 1. The number of carbonyl (C=O) groups is 2. The number of hydrogen-bond acceptors (Lipinski definition) is 4.